The molecule has 0 fully saturated rings. The number of carbonyl (C=O) groups is 2. The molecule has 5 rings (SSSR count). The van der Waals surface area contributed by atoms with Crippen molar-refractivity contribution in [1.29, 1.82) is 0 Å². The van der Waals surface area contributed by atoms with Crippen molar-refractivity contribution in [3.05, 3.63) is 78.5 Å². The molecule has 1 aromatic carbocycles. The largest absolute Gasteiger partial charge is 0.507 e. The number of aromatic nitrogens is 1. The number of Topliss-reactive ketones (excluding diaryl/α,β-unsaturated/α-hetero) is 2. The summed E-state index contributed by atoms with van der Waals surface area (Å²) < 4.78 is 5.51. The molecule has 128 valence electrons. The maximum Gasteiger partial charge on any atom is 0.305 e. The van der Waals surface area contributed by atoms with E-state index in [2.05, 4.69) is 4.98 Å². The van der Waals surface area contributed by atoms with Gasteiger partial charge in [-0.05, 0) is 24.3 Å². The van der Waals surface area contributed by atoms with Gasteiger partial charge in [-0.25, -0.2) is 0 Å². The predicted octanol–water partition coefficient (Wildman–Crippen LogP) is 3.31. The number of thiazole rings is 1. The van der Waals surface area contributed by atoms with E-state index < -0.39 is 11.7 Å². The van der Waals surface area contributed by atoms with Crippen LogP contribution >= 0.6 is 23.1 Å². The van der Waals surface area contributed by atoms with Gasteiger partial charge in [0.05, 0.1) is 32.6 Å². The van der Waals surface area contributed by atoms with Crippen molar-refractivity contribution >= 4 is 34.7 Å². The van der Waals surface area contributed by atoms with Crippen LogP contribution in [0.2, 0.25) is 0 Å². The van der Waals surface area contributed by atoms with Crippen molar-refractivity contribution in [2.75, 3.05) is 0 Å². The van der Waals surface area contributed by atoms with Gasteiger partial charge in [0, 0.05) is 11.1 Å². The average molecular weight is 383 g/mol. The standard InChI is InChI=1S/C18H9NO5S2/c20-8-4-1-3-7-10(8)14(22)12-11(9-5-2-6-24-9)16-17(19-18(23)26-16)25-15(12)13(7)21/h1-6,11,20H,(H,19,23). The molecule has 1 unspecified atom stereocenters. The predicted molar refractivity (Wildman–Crippen MR) is 95.1 cm³/mol. The quantitative estimate of drug-likeness (QED) is 0.669. The van der Waals surface area contributed by atoms with Crippen molar-refractivity contribution in [2.45, 2.75) is 10.9 Å². The molecule has 6 nitrogen and oxygen atoms in total. The summed E-state index contributed by atoms with van der Waals surface area (Å²) in [7, 11) is 0. The summed E-state index contributed by atoms with van der Waals surface area (Å²) in [5, 5.41) is 10.7. The van der Waals surface area contributed by atoms with Crippen molar-refractivity contribution in [3.63, 3.8) is 0 Å². The first-order chi connectivity index (χ1) is 12.6. The first-order valence-electron chi connectivity index (χ1n) is 7.66. The zero-order valence-electron chi connectivity index (χ0n) is 12.9. The van der Waals surface area contributed by atoms with Gasteiger partial charge in [-0.15, -0.1) is 0 Å². The highest BCUT2D eigenvalue weighted by Crippen LogP contribution is 2.52. The molecule has 0 saturated heterocycles. The van der Waals surface area contributed by atoms with Crippen LogP contribution in [0.4, 0.5) is 0 Å². The lowest BCUT2D eigenvalue weighted by Crippen LogP contribution is -2.27. The SMILES string of the molecule is O=C1C2=C(C(=O)c3c(O)cccc31)C(c1ccco1)c1sc(=O)[nH]c1S2. The molecule has 2 aliphatic rings. The lowest BCUT2D eigenvalue weighted by atomic mass is 9.81. The Balaban J connectivity index is 1.82. The smallest absolute Gasteiger partial charge is 0.305 e. The minimum Gasteiger partial charge on any atom is -0.507 e. The molecule has 1 aliphatic heterocycles. The van der Waals surface area contributed by atoms with Crippen LogP contribution in [0.5, 0.6) is 5.75 Å². The molecule has 26 heavy (non-hydrogen) atoms. The van der Waals surface area contributed by atoms with E-state index in [1.54, 1.807) is 12.1 Å². The van der Waals surface area contributed by atoms with Crippen LogP contribution in [0.3, 0.4) is 0 Å². The Morgan fingerprint density at radius 1 is 1.08 bits per heavy atom. The number of rotatable bonds is 1. The van der Waals surface area contributed by atoms with Crippen molar-refractivity contribution in [1.82, 2.24) is 4.98 Å². The van der Waals surface area contributed by atoms with Crippen LogP contribution in [-0.4, -0.2) is 21.7 Å². The van der Waals surface area contributed by atoms with Gasteiger partial charge in [0.25, 0.3) is 0 Å². The number of hydrogen-bond donors (Lipinski definition) is 2. The highest BCUT2D eigenvalue weighted by Gasteiger charge is 2.44. The van der Waals surface area contributed by atoms with Gasteiger partial charge in [0.1, 0.15) is 11.5 Å². The second-order valence-electron chi connectivity index (χ2n) is 5.86. The summed E-state index contributed by atoms with van der Waals surface area (Å²) >= 11 is 2.07. The van der Waals surface area contributed by atoms with Crippen LogP contribution in [0.25, 0.3) is 0 Å². The first-order valence-corrected chi connectivity index (χ1v) is 9.29. The topological polar surface area (TPSA) is 100 Å². The molecular formula is C18H9NO5S2. The minimum atomic E-state index is -0.663. The monoisotopic (exact) mass is 383 g/mol. The van der Waals surface area contributed by atoms with E-state index in [9.17, 15) is 19.5 Å². The van der Waals surface area contributed by atoms with E-state index in [1.165, 1.54) is 24.5 Å². The summed E-state index contributed by atoms with van der Waals surface area (Å²) in [5.74, 6) is -1.19. The van der Waals surface area contributed by atoms with Crippen molar-refractivity contribution < 1.29 is 19.1 Å². The average Bonchev–Trinajstić information content (AvgIpc) is 3.26. The Morgan fingerprint density at radius 3 is 2.69 bits per heavy atom. The molecule has 0 amide bonds. The van der Waals surface area contributed by atoms with Gasteiger partial charge in [0.15, 0.2) is 5.78 Å². The van der Waals surface area contributed by atoms with Gasteiger partial charge in [0.2, 0.25) is 5.78 Å². The number of hydrogen-bond acceptors (Lipinski definition) is 7. The number of fused-ring (bicyclic) bond motifs is 2. The normalized spacial score (nSPS) is 18.5. The first kappa shape index (κ1) is 15.4. The molecule has 8 heteroatoms. The molecule has 2 aromatic heterocycles. The third-order valence-electron chi connectivity index (χ3n) is 4.43. The summed E-state index contributed by atoms with van der Waals surface area (Å²) in [6, 6.07) is 7.82. The Hall–Kier alpha value is -2.84. The Morgan fingerprint density at radius 2 is 1.92 bits per heavy atom. The third-order valence-corrected chi connectivity index (χ3v) is 6.65. The van der Waals surface area contributed by atoms with Crippen LogP contribution < -0.4 is 4.87 Å². The lowest BCUT2D eigenvalue weighted by molar-refractivity contribution is 0.0973. The second-order valence-corrected chi connectivity index (χ2v) is 7.89. The lowest BCUT2D eigenvalue weighted by Gasteiger charge is -2.29. The van der Waals surface area contributed by atoms with Gasteiger partial charge in [-0.1, -0.05) is 29.2 Å². The summed E-state index contributed by atoms with van der Waals surface area (Å²) in [4.78, 5) is 41.5. The number of ketones is 2. The molecule has 0 radical (unpaired) electrons. The molecule has 0 saturated carbocycles. The van der Waals surface area contributed by atoms with Crippen LogP contribution in [0.1, 0.15) is 37.3 Å². The van der Waals surface area contributed by atoms with E-state index >= 15 is 0 Å². The zero-order chi connectivity index (χ0) is 18.0. The minimum absolute atomic E-state index is 0.000242. The number of H-pyrrole nitrogens is 1. The van der Waals surface area contributed by atoms with Crippen molar-refractivity contribution in [2.24, 2.45) is 0 Å². The van der Waals surface area contributed by atoms with Crippen LogP contribution in [0.15, 0.2) is 61.3 Å². The highest BCUT2D eigenvalue weighted by atomic mass is 32.2. The van der Waals surface area contributed by atoms with E-state index in [0.29, 0.717) is 15.7 Å². The van der Waals surface area contributed by atoms with E-state index in [1.807, 2.05) is 0 Å². The number of nitrogens with one attached hydrogen (secondary N) is 1. The number of benzene rings is 1. The molecule has 1 aliphatic carbocycles. The van der Waals surface area contributed by atoms with Crippen molar-refractivity contribution in [3.8, 4) is 5.75 Å². The number of aromatic hydroxyl groups is 1. The number of allylic oxidation sites excluding steroid dienone is 2. The number of phenols is 1. The molecular weight excluding hydrogens is 374 g/mol. The van der Waals surface area contributed by atoms with Gasteiger partial charge in [-0.2, -0.15) is 0 Å². The molecule has 1 atom stereocenters. The fourth-order valence-corrected chi connectivity index (χ4v) is 5.62. The van der Waals surface area contributed by atoms with Gasteiger partial charge in [-0.3, -0.25) is 14.4 Å². The molecule has 2 N–H and O–H groups in total. The van der Waals surface area contributed by atoms with Gasteiger partial charge < -0.3 is 14.5 Å². The molecule has 3 heterocycles. The third kappa shape index (κ3) is 1.96. The van der Waals surface area contributed by atoms with E-state index in [4.69, 9.17) is 4.42 Å². The zero-order valence-corrected chi connectivity index (χ0v) is 14.6. The summed E-state index contributed by atoms with van der Waals surface area (Å²) in [6.07, 6.45) is 1.48. The maximum atomic E-state index is 13.2. The maximum absolute atomic E-state index is 13.2. The Bertz CT molecular complexity index is 1180. The van der Waals surface area contributed by atoms with E-state index in [-0.39, 0.29) is 38.0 Å². The summed E-state index contributed by atoms with van der Waals surface area (Å²) in [6.45, 7) is 0. The Kier molecular flexibility index (Phi) is 3.16. The van der Waals surface area contributed by atoms with Gasteiger partial charge >= 0.3 is 4.87 Å². The molecule has 0 bridgehead atoms. The number of phenolic OH excluding ortho intramolecular Hbond substituents is 1. The number of furan rings is 1. The molecule has 0 spiro atoms. The Labute approximate surface area is 154 Å². The van der Waals surface area contributed by atoms with E-state index in [0.717, 1.165) is 23.1 Å². The number of aromatic amines is 1. The van der Waals surface area contributed by atoms with Crippen LogP contribution in [0, 0.1) is 0 Å². The highest BCUT2D eigenvalue weighted by molar-refractivity contribution is 8.04. The molecule has 3 aromatic rings. The number of thioether (sulfide) groups is 1. The summed E-state index contributed by atoms with van der Waals surface area (Å²) in [5.41, 5.74) is 0.409. The number of carbonyl (C=O) groups excluding carboxylic acids is 2. The fraction of sp³-hybridized carbons (Fsp3) is 0.0556. The second kappa shape index (κ2) is 5.33. The van der Waals surface area contributed by atoms with Crippen LogP contribution in [-0.2, 0) is 0 Å². The fourth-order valence-electron chi connectivity index (χ4n) is 3.37.